The monoisotopic (exact) mass is 330 g/mol. The second-order valence-corrected chi connectivity index (χ2v) is 5.14. The number of anilines is 2. The number of benzene rings is 1. The molecule has 3 rings (SSSR count). The number of nitriles is 1. The first-order valence-electron chi connectivity index (χ1n) is 7.51. The first kappa shape index (κ1) is 16.1. The fourth-order valence-electron chi connectivity index (χ4n) is 2.13. The van der Waals surface area contributed by atoms with Gasteiger partial charge in [0.25, 0.3) is 5.91 Å². The van der Waals surface area contributed by atoms with E-state index < -0.39 is 0 Å². The summed E-state index contributed by atoms with van der Waals surface area (Å²) in [6.45, 7) is 0.560. The van der Waals surface area contributed by atoms with Crippen LogP contribution in [0.3, 0.4) is 0 Å². The Bertz CT molecular complexity index is 920. The Morgan fingerprint density at radius 3 is 2.76 bits per heavy atom. The van der Waals surface area contributed by atoms with Gasteiger partial charge in [0.2, 0.25) is 0 Å². The van der Waals surface area contributed by atoms with Crippen LogP contribution >= 0.6 is 0 Å². The molecule has 2 aromatic heterocycles. The summed E-state index contributed by atoms with van der Waals surface area (Å²) in [4.78, 5) is 24.4. The number of nitrogens with zero attached hydrogens (tertiary/aromatic N) is 4. The maximum absolute atomic E-state index is 12.3. The minimum atomic E-state index is -0.371. The number of hydrogen-bond acceptors (Lipinski definition) is 6. The van der Waals surface area contributed by atoms with Crippen LogP contribution in [-0.2, 0) is 6.54 Å². The molecule has 0 fully saturated rings. The van der Waals surface area contributed by atoms with Crippen molar-refractivity contribution in [2.45, 2.75) is 6.54 Å². The summed E-state index contributed by atoms with van der Waals surface area (Å²) in [5, 5.41) is 14.8. The molecule has 2 N–H and O–H groups in total. The van der Waals surface area contributed by atoms with Crippen LogP contribution < -0.4 is 10.6 Å². The molecule has 0 atom stereocenters. The van der Waals surface area contributed by atoms with Crippen molar-refractivity contribution in [1.82, 2.24) is 15.0 Å². The Morgan fingerprint density at radius 2 is 1.96 bits per heavy atom. The summed E-state index contributed by atoms with van der Waals surface area (Å²) in [5.41, 5.74) is 2.29. The standard InChI is InChI=1S/C18H14N6O/c19-10-14-2-1-3-15(8-14)24-18(25)16-9-17(23-12-22-16)21-11-13-4-6-20-7-5-13/h1-9,12H,11H2,(H,24,25)(H,21,22,23). The van der Waals surface area contributed by atoms with Gasteiger partial charge >= 0.3 is 0 Å². The topological polar surface area (TPSA) is 104 Å². The third-order valence-electron chi connectivity index (χ3n) is 3.37. The molecule has 0 radical (unpaired) electrons. The van der Waals surface area contributed by atoms with Gasteiger partial charge in [-0.1, -0.05) is 6.07 Å². The highest BCUT2D eigenvalue weighted by Gasteiger charge is 2.09. The van der Waals surface area contributed by atoms with E-state index in [0.717, 1.165) is 5.56 Å². The number of carbonyl (C=O) groups is 1. The molecule has 1 amide bonds. The Hall–Kier alpha value is -3.79. The van der Waals surface area contributed by atoms with Crippen LogP contribution in [0, 0.1) is 11.3 Å². The average Bonchev–Trinajstić information content (AvgIpc) is 2.67. The van der Waals surface area contributed by atoms with Crippen molar-refractivity contribution in [2.24, 2.45) is 0 Å². The van der Waals surface area contributed by atoms with E-state index in [2.05, 4.69) is 25.6 Å². The lowest BCUT2D eigenvalue weighted by Gasteiger charge is -2.08. The molecular formula is C18H14N6O. The number of pyridine rings is 1. The van der Waals surface area contributed by atoms with Gasteiger partial charge in [-0.15, -0.1) is 0 Å². The lowest BCUT2D eigenvalue weighted by molar-refractivity contribution is 0.102. The van der Waals surface area contributed by atoms with E-state index in [1.54, 1.807) is 42.7 Å². The molecule has 1 aromatic carbocycles. The summed E-state index contributed by atoms with van der Waals surface area (Å²) in [6.07, 6.45) is 4.76. The zero-order valence-corrected chi connectivity index (χ0v) is 13.2. The molecule has 3 aromatic rings. The first-order chi connectivity index (χ1) is 12.2. The first-order valence-corrected chi connectivity index (χ1v) is 7.51. The number of hydrogen-bond donors (Lipinski definition) is 2. The summed E-state index contributed by atoms with van der Waals surface area (Å²) in [6, 6.07) is 14.1. The van der Waals surface area contributed by atoms with Gasteiger partial charge in [0.15, 0.2) is 0 Å². The minimum absolute atomic E-state index is 0.231. The zero-order chi connectivity index (χ0) is 17.5. The van der Waals surface area contributed by atoms with E-state index >= 15 is 0 Å². The molecule has 0 aliphatic carbocycles. The largest absolute Gasteiger partial charge is 0.366 e. The quantitative estimate of drug-likeness (QED) is 0.745. The van der Waals surface area contributed by atoms with Crippen molar-refractivity contribution < 1.29 is 4.79 Å². The molecule has 7 heteroatoms. The van der Waals surface area contributed by atoms with Crippen molar-refractivity contribution in [3.8, 4) is 6.07 Å². The number of nitrogens with one attached hydrogen (secondary N) is 2. The van der Waals surface area contributed by atoms with Gasteiger partial charge in [-0.05, 0) is 35.9 Å². The highest BCUT2D eigenvalue weighted by Crippen LogP contribution is 2.12. The van der Waals surface area contributed by atoms with Gasteiger partial charge in [0.1, 0.15) is 17.8 Å². The van der Waals surface area contributed by atoms with E-state index in [0.29, 0.717) is 23.6 Å². The zero-order valence-electron chi connectivity index (χ0n) is 13.2. The van der Waals surface area contributed by atoms with Gasteiger partial charge < -0.3 is 10.6 Å². The molecule has 0 saturated carbocycles. The Labute approximate surface area is 144 Å². The lowest BCUT2D eigenvalue weighted by Crippen LogP contribution is -2.14. The molecule has 0 aliphatic rings. The van der Waals surface area contributed by atoms with E-state index in [1.807, 2.05) is 18.2 Å². The second-order valence-electron chi connectivity index (χ2n) is 5.14. The highest BCUT2D eigenvalue weighted by molar-refractivity contribution is 6.03. The van der Waals surface area contributed by atoms with Crippen LogP contribution in [0.4, 0.5) is 11.5 Å². The number of carbonyl (C=O) groups excluding carboxylic acids is 1. The fourth-order valence-corrected chi connectivity index (χ4v) is 2.13. The Balaban J connectivity index is 1.68. The van der Waals surface area contributed by atoms with Crippen LogP contribution in [0.1, 0.15) is 21.6 Å². The summed E-state index contributed by atoms with van der Waals surface area (Å²) in [7, 11) is 0. The van der Waals surface area contributed by atoms with Crippen LogP contribution in [-0.4, -0.2) is 20.9 Å². The van der Waals surface area contributed by atoms with Crippen molar-refractivity contribution in [1.29, 1.82) is 5.26 Å². The number of aromatic nitrogens is 3. The lowest BCUT2D eigenvalue weighted by atomic mass is 10.2. The SMILES string of the molecule is N#Cc1cccc(NC(=O)c2cc(NCc3ccncc3)ncn2)c1. The fraction of sp³-hybridized carbons (Fsp3) is 0.0556. The van der Waals surface area contributed by atoms with E-state index in [9.17, 15) is 4.79 Å². The summed E-state index contributed by atoms with van der Waals surface area (Å²) in [5.74, 6) is 0.173. The van der Waals surface area contributed by atoms with Crippen LogP contribution in [0.25, 0.3) is 0 Å². The predicted molar refractivity (Wildman–Crippen MR) is 92.7 cm³/mol. The van der Waals surface area contributed by atoms with Crippen molar-refractivity contribution in [3.63, 3.8) is 0 Å². The molecule has 25 heavy (non-hydrogen) atoms. The molecular weight excluding hydrogens is 316 g/mol. The molecule has 122 valence electrons. The van der Waals surface area contributed by atoms with Gasteiger partial charge in [-0.25, -0.2) is 9.97 Å². The maximum Gasteiger partial charge on any atom is 0.274 e. The van der Waals surface area contributed by atoms with Crippen molar-refractivity contribution in [3.05, 3.63) is 78.0 Å². The maximum atomic E-state index is 12.3. The molecule has 0 aliphatic heterocycles. The normalized spacial score (nSPS) is 9.88. The van der Waals surface area contributed by atoms with E-state index in [1.165, 1.54) is 6.33 Å². The molecule has 0 spiro atoms. The van der Waals surface area contributed by atoms with Crippen molar-refractivity contribution in [2.75, 3.05) is 10.6 Å². The number of rotatable bonds is 5. The van der Waals surface area contributed by atoms with E-state index in [-0.39, 0.29) is 11.6 Å². The Kier molecular flexibility index (Phi) is 4.93. The van der Waals surface area contributed by atoms with Crippen LogP contribution in [0.15, 0.2) is 61.2 Å². The summed E-state index contributed by atoms with van der Waals surface area (Å²) < 4.78 is 0. The number of amides is 1. The van der Waals surface area contributed by atoms with Gasteiger partial charge in [-0.3, -0.25) is 9.78 Å². The third-order valence-corrected chi connectivity index (χ3v) is 3.37. The molecule has 0 bridgehead atoms. The smallest absolute Gasteiger partial charge is 0.274 e. The molecule has 7 nitrogen and oxygen atoms in total. The van der Waals surface area contributed by atoms with Crippen molar-refractivity contribution >= 4 is 17.4 Å². The molecule has 0 saturated heterocycles. The Morgan fingerprint density at radius 1 is 1.12 bits per heavy atom. The van der Waals surface area contributed by atoms with Gasteiger partial charge in [0, 0.05) is 30.7 Å². The molecule has 0 unspecified atom stereocenters. The van der Waals surface area contributed by atoms with E-state index in [4.69, 9.17) is 5.26 Å². The van der Waals surface area contributed by atoms with Crippen LogP contribution in [0.5, 0.6) is 0 Å². The predicted octanol–water partition coefficient (Wildman–Crippen LogP) is 2.61. The highest BCUT2D eigenvalue weighted by atomic mass is 16.1. The third kappa shape index (κ3) is 4.36. The minimum Gasteiger partial charge on any atom is -0.366 e. The molecule has 2 heterocycles. The van der Waals surface area contributed by atoms with Crippen LogP contribution in [0.2, 0.25) is 0 Å². The van der Waals surface area contributed by atoms with Gasteiger partial charge in [-0.2, -0.15) is 5.26 Å². The average molecular weight is 330 g/mol. The van der Waals surface area contributed by atoms with Gasteiger partial charge in [0.05, 0.1) is 11.6 Å². The summed E-state index contributed by atoms with van der Waals surface area (Å²) >= 11 is 0. The second kappa shape index (κ2) is 7.66.